The summed E-state index contributed by atoms with van der Waals surface area (Å²) in [7, 11) is -4.21. The lowest BCUT2D eigenvalue weighted by molar-refractivity contribution is -0.138. The average Bonchev–Trinajstić information content (AvgIpc) is 2.86. The summed E-state index contributed by atoms with van der Waals surface area (Å²) < 4.78 is 68.6. The number of sulfonamides is 1. The first-order chi connectivity index (χ1) is 18.6. The fourth-order valence-corrected chi connectivity index (χ4v) is 7.38. The number of hydrogen-bond donors (Lipinski definition) is 2. The molecule has 0 radical (unpaired) electrons. The number of rotatable bonds is 7. The summed E-state index contributed by atoms with van der Waals surface area (Å²) in [4.78, 5) is 12.8. The van der Waals surface area contributed by atoms with Crippen molar-refractivity contribution in [2.45, 2.75) is 108 Å². The zero-order valence-corrected chi connectivity index (χ0v) is 24.5. The van der Waals surface area contributed by atoms with Gasteiger partial charge in [-0.3, -0.25) is 4.79 Å². The lowest BCUT2D eigenvalue weighted by atomic mass is 9.86. The highest BCUT2D eigenvalue weighted by Crippen LogP contribution is 2.35. The third kappa shape index (κ3) is 7.25. The van der Waals surface area contributed by atoms with Gasteiger partial charge in [0.2, 0.25) is 15.9 Å². The molecule has 4 rings (SSSR count). The van der Waals surface area contributed by atoms with Gasteiger partial charge in [0.25, 0.3) is 0 Å². The molecule has 0 bridgehead atoms. The largest absolute Gasteiger partial charge is 0.416 e. The van der Waals surface area contributed by atoms with Gasteiger partial charge in [-0.2, -0.15) is 17.5 Å². The molecule has 2 atom stereocenters. The van der Waals surface area contributed by atoms with Crippen LogP contribution in [0, 0.1) is 6.92 Å². The van der Waals surface area contributed by atoms with Crippen molar-refractivity contribution in [1.82, 2.24) is 14.9 Å². The van der Waals surface area contributed by atoms with E-state index in [1.165, 1.54) is 34.5 Å². The van der Waals surface area contributed by atoms with Gasteiger partial charge >= 0.3 is 6.18 Å². The molecule has 1 heterocycles. The number of carbonyl (C=O) groups excluding carboxylic acids is 1. The topological polar surface area (TPSA) is 78.5 Å². The molecule has 1 aliphatic heterocycles. The van der Waals surface area contributed by atoms with E-state index >= 15 is 0 Å². The van der Waals surface area contributed by atoms with Crippen LogP contribution in [-0.2, 0) is 34.0 Å². The minimum atomic E-state index is -4.66. The van der Waals surface area contributed by atoms with Gasteiger partial charge in [0.05, 0.1) is 16.5 Å². The van der Waals surface area contributed by atoms with Crippen LogP contribution in [0.5, 0.6) is 0 Å². The lowest BCUT2D eigenvalue weighted by Crippen LogP contribution is -2.46. The fourth-order valence-electron chi connectivity index (χ4n) is 5.66. The first kappa shape index (κ1) is 30.5. The predicted molar refractivity (Wildman–Crippen MR) is 149 cm³/mol. The van der Waals surface area contributed by atoms with Crippen LogP contribution in [0.3, 0.4) is 0 Å². The second kappa shape index (κ2) is 11.8. The molecule has 10 heteroatoms. The number of halogens is 3. The number of fused-ring (bicyclic) bond motifs is 1. The van der Waals surface area contributed by atoms with E-state index in [-0.39, 0.29) is 36.0 Å². The quantitative estimate of drug-likeness (QED) is 0.420. The molecule has 40 heavy (non-hydrogen) atoms. The van der Waals surface area contributed by atoms with E-state index in [2.05, 4.69) is 49.6 Å². The van der Waals surface area contributed by atoms with Gasteiger partial charge in [0.1, 0.15) is 0 Å². The van der Waals surface area contributed by atoms with E-state index in [0.717, 1.165) is 37.8 Å². The van der Waals surface area contributed by atoms with Gasteiger partial charge in [-0.1, -0.05) is 30.7 Å². The Balaban J connectivity index is 1.47. The Bertz CT molecular complexity index is 1340. The van der Waals surface area contributed by atoms with Crippen molar-refractivity contribution < 1.29 is 26.4 Å². The number of piperidine rings is 1. The van der Waals surface area contributed by atoms with Crippen LogP contribution in [0.4, 0.5) is 13.2 Å². The molecule has 1 aliphatic carbocycles. The van der Waals surface area contributed by atoms with Gasteiger partial charge in [0, 0.05) is 31.1 Å². The Morgan fingerprint density at radius 1 is 1.02 bits per heavy atom. The molecule has 0 spiro atoms. The second-order valence-electron chi connectivity index (χ2n) is 12.1. The number of carbonyl (C=O) groups is 1. The first-order valence-corrected chi connectivity index (χ1v) is 15.4. The SMILES string of the molecule is Cc1ccc(S(=O)(=O)N2CCCCC2CC(=O)NC2CCCc3cc(CNC(C)(C)C)ccc32)cc1C(F)(F)F. The van der Waals surface area contributed by atoms with Gasteiger partial charge < -0.3 is 10.6 Å². The van der Waals surface area contributed by atoms with Crippen LogP contribution in [-0.4, -0.2) is 36.8 Å². The summed E-state index contributed by atoms with van der Waals surface area (Å²) in [5.74, 6) is -0.247. The predicted octanol–water partition coefficient (Wildman–Crippen LogP) is 6.03. The fraction of sp³-hybridized carbons (Fsp3) is 0.567. The summed E-state index contributed by atoms with van der Waals surface area (Å²) >= 11 is 0. The average molecular weight is 580 g/mol. The van der Waals surface area contributed by atoms with Gasteiger partial charge in [-0.25, -0.2) is 8.42 Å². The van der Waals surface area contributed by atoms with Crippen molar-refractivity contribution >= 4 is 15.9 Å². The summed E-state index contributed by atoms with van der Waals surface area (Å²) in [5.41, 5.74) is 2.50. The van der Waals surface area contributed by atoms with Crippen LogP contribution >= 0.6 is 0 Å². The molecule has 2 N–H and O–H groups in total. The van der Waals surface area contributed by atoms with Crippen molar-refractivity contribution in [1.29, 1.82) is 0 Å². The highest BCUT2D eigenvalue weighted by molar-refractivity contribution is 7.89. The Hall–Kier alpha value is -2.43. The Morgan fingerprint density at radius 3 is 2.48 bits per heavy atom. The second-order valence-corrected chi connectivity index (χ2v) is 14.0. The van der Waals surface area contributed by atoms with Gasteiger partial charge in [-0.15, -0.1) is 0 Å². The summed E-state index contributed by atoms with van der Waals surface area (Å²) in [5, 5.41) is 6.62. The molecule has 0 aromatic heterocycles. The van der Waals surface area contributed by atoms with Gasteiger partial charge in [-0.05, 0) is 94.2 Å². The number of amides is 1. The summed E-state index contributed by atoms with van der Waals surface area (Å²) in [6, 6.07) is 8.70. The van der Waals surface area contributed by atoms with Crippen molar-refractivity contribution in [3.63, 3.8) is 0 Å². The van der Waals surface area contributed by atoms with Crippen LogP contribution in [0.25, 0.3) is 0 Å². The maximum Gasteiger partial charge on any atom is 0.416 e. The van der Waals surface area contributed by atoms with Crippen LogP contribution in [0.2, 0.25) is 0 Å². The van der Waals surface area contributed by atoms with E-state index in [1.807, 2.05) is 0 Å². The van der Waals surface area contributed by atoms with Crippen molar-refractivity contribution in [3.05, 3.63) is 64.2 Å². The number of aryl methyl sites for hydroxylation is 2. The molecule has 220 valence electrons. The van der Waals surface area contributed by atoms with E-state index in [1.54, 1.807) is 0 Å². The van der Waals surface area contributed by atoms with Gasteiger partial charge in [0.15, 0.2) is 0 Å². The molecule has 2 unspecified atom stereocenters. The maximum absolute atomic E-state index is 13.5. The molecule has 1 fully saturated rings. The minimum absolute atomic E-state index is 0.00691. The number of benzene rings is 2. The highest BCUT2D eigenvalue weighted by atomic mass is 32.2. The summed E-state index contributed by atoms with van der Waals surface area (Å²) in [6.45, 7) is 8.60. The normalized spacial score (nSPS) is 20.7. The zero-order valence-electron chi connectivity index (χ0n) is 23.7. The van der Waals surface area contributed by atoms with Crippen molar-refractivity contribution in [2.75, 3.05) is 6.54 Å². The Labute approximate surface area is 235 Å². The number of nitrogens with zero attached hydrogens (tertiary/aromatic N) is 1. The molecule has 1 saturated heterocycles. The number of nitrogens with one attached hydrogen (secondary N) is 2. The Morgan fingerprint density at radius 2 is 1.77 bits per heavy atom. The summed E-state index contributed by atoms with van der Waals surface area (Å²) in [6.07, 6.45) is -0.178. The zero-order chi connectivity index (χ0) is 29.3. The third-order valence-electron chi connectivity index (χ3n) is 7.79. The lowest BCUT2D eigenvalue weighted by Gasteiger charge is -2.35. The molecule has 2 aromatic rings. The monoisotopic (exact) mass is 579 g/mol. The maximum atomic E-state index is 13.5. The number of alkyl halides is 3. The van der Waals surface area contributed by atoms with Crippen molar-refractivity contribution in [2.24, 2.45) is 0 Å². The minimum Gasteiger partial charge on any atom is -0.349 e. The van der Waals surface area contributed by atoms with E-state index in [0.29, 0.717) is 18.9 Å². The third-order valence-corrected chi connectivity index (χ3v) is 9.74. The standard InChI is InChI=1S/C30H40F3N3O3S/c1-20-11-13-24(18-26(20)30(31,32)33)40(38,39)36-15-6-5-9-23(36)17-28(37)35-27-10-7-8-22-16-21(12-14-25(22)27)19-34-29(2,3)4/h11-14,16,18,23,27,34H,5-10,15,17,19H2,1-4H3,(H,35,37). The van der Waals surface area contributed by atoms with Crippen LogP contribution < -0.4 is 10.6 Å². The molecule has 2 aromatic carbocycles. The Kier molecular flexibility index (Phi) is 9.02. The number of hydrogen-bond acceptors (Lipinski definition) is 4. The van der Waals surface area contributed by atoms with E-state index < -0.39 is 32.7 Å². The molecule has 2 aliphatic rings. The van der Waals surface area contributed by atoms with E-state index in [9.17, 15) is 26.4 Å². The highest BCUT2D eigenvalue weighted by Gasteiger charge is 2.38. The molecule has 0 saturated carbocycles. The van der Waals surface area contributed by atoms with Crippen molar-refractivity contribution in [3.8, 4) is 0 Å². The molecular weight excluding hydrogens is 539 g/mol. The smallest absolute Gasteiger partial charge is 0.349 e. The first-order valence-electron chi connectivity index (χ1n) is 14.0. The molecule has 1 amide bonds. The van der Waals surface area contributed by atoms with E-state index in [4.69, 9.17) is 0 Å². The molecule has 6 nitrogen and oxygen atoms in total. The van der Waals surface area contributed by atoms with Crippen LogP contribution in [0.1, 0.15) is 93.2 Å². The molecular formula is C30H40F3N3O3S. The van der Waals surface area contributed by atoms with Crippen LogP contribution in [0.15, 0.2) is 41.3 Å².